The third-order valence-corrected chi connectivity index (χ3v) is 1.42. The van der Waals surface area contributed by atoms with Gasteiger partial charge in [0.1, 0.15) is 0 Å². The van der Waals surface area contributed by atoms with Crippen molar-refractivity contribution in [3.05, 3.63) is 0 Å². The second kappa shape index (κ2) is 3.97. The molecule has 0 aliphatic heterocycles. The molecule has 1 nitrogen and oxygen atoms in total. The van der Waals surface area contributed by atoms with E-state index in [9.17, 15) is 39.5 Å². The van der Waals surface area contributed by atoms with E-state index in [2.05, 4.69) is 4.74 Å². The van der Waals surface area contributed by atoms with Crippen molar-refractivity contribution in [3.8, 4) is 0 Å². The van der Waals surface area contributed by atoms with Crippen LogP contribution in [0.3, 0.4) is 0 Å². The van der Waals surface area contributed by atoms with Gasteiger partial charge in [-0.15, -0.1) is 0 Å². The van der Waals surface area contributed by atoms with Gasteiger partial charge in [-0.2, -0.15) is 30.7 Å². The van der Waals surface area contributed by atoms with Crippen LogP contribution in [0.15, 0.2) is 0 Å². The Morgan fingerprint density at radius 3 is 1.50 bits per heavy atom. The quantitative estimate of drug-likeness (QED) is 0.706. The molecule has 0 fully saturated rings. The van der Waals surface area contributed by atoms with Gasteiger partial charge in [-0.25, -0.2) is 8.78 Å². The maximum absolute atomic E-state index is 12.5. The zero-order chi connectivity index (χ0) is 13.4. The lowest BCUT2D eigenvalue weighted by molar-refractivity contribution is -0.446. The first-order valence-electron chi connectivity index (χ1n) is 3.54. The van der Waals surface area contributed by atoms with Gasteiger partial charge in [0, 0.05) is 6.92 Å². The van der Waals surface area contributed by atoms with Crippen molar-refractivity contribution >= 4 is 0 Å². The van der Waals surface area contributed by atoms with Crippen LogP contribution >= 0.6 is 0 Å². The Labute approximate surface area is 83.2 Å². The maximum atomic E-state index is 12.5. The molecule has 0 rings (SSSR count). The monoisotopic (exact) mass is 264 g/mol. The Morgan fingerprint density at radius 1 is 0.875 bits per heavy atom. The van der Waals surface area contributed by atoms with E-state index in [1.165, 1.54) is 0 Å². The van der Waals surface area contributed by atoms with Crippen molar-refractivity contribution < 1.29 is 44.3 Å². The molecule has 1 unspecified atom stereocenters. The van der Waals surface area contributed by atoms with Crippen LogP contribution in [-0.4, -0.2) is 30.7 Å². The summed E-state index contributed by atoms with van der Waals surface area (Å²) in [5.41, 5.74) is 0. The molecule has 0 aromatic heterocycles. The fraction of sp³-hybridized carbons (Fsp3) is 1.00. The minimum Gasteiger partial charge on any atom is -0.270 e. The molecule has 0 bridgehead atoms. The third kappa shape index (κ3) is 2.92. The zero-order valence-electron chi connectivity index (χ0n) is 7.52. The standard InChI is InChI=1S/C6H5F9O/c1-3(8,5(11,12)13)16-6(14,15)4(9,10)2-7/h2H2,1H3. The highest BCUT2D eigenvalue weighted by molar-refractivity contribution is 4.81. The molecule has 0 aromatic rings. The van der Waals surface area contributed by atoms with Crippen molar-refractivity contribution in [2.24, 2.45) is 0 Å². The summed E-state index contributed by atoms with van der Waals surface area (Å²) in [5, 5.41) is 0. The molecule has 1 atom stereocenters. The highest BCUT2D eigenvalue weighted by Crippen LogP contribution is 2.44. The second-order valence-electron chi connectivity index (χ2n) is 2.87. The number of ether oxygens (including phenoxy) is 1. The van der Waals surface area contributed by atoms with Crippen molar-refractivity contribution in [2.45, 2.75) is 31.0 Å². The van der Waals surface area contributed by atoms with Gasteiger partial charge in [0.25, 0.3) is 0 Å². The molecular formula is C6H5F9O. The summed E-state index contributed by atoms with van der Waals surface area (Å²) in [5.74, 6) is -10.6. The van der Waals surface area contributed by atoms with Gasteiger partial charge in [0.05, 0.1) is 0 Å². The predicted octanol–water partition coefficient (Wildman–Crippen LogP) is 3.45. The molecule has 0 aliphatic carbocycles. The zero-order valence-corrected chi connectivity index (χ0v) is 7.52. The predicted molar refractivity (Wildman–Crippen MR) is 32.5 cm³/mol. The Hall–Kier alpha value is -0.670. The number of hydrogen-bond acceptors (Lipinski definition) is 1. The average molecular weight is 264 g/mol. The fourth-order valence-corrected chi connectivity index (χ4v) is 0.451. The van der Waals surface area contributed by atoms with E-state index in [1.54, 1.807) is 0 Å². The van der Waals surface area contributed by atoms with Gasteiger partial charge < -0.3 is 0 Å². The summed E-state index contributed by atoms with van der Waals surface area (Å²) in [6, 6.07) is 0. The molecule has 0 saturated heterocycles. The largest absolute Gasteiger partial charge is 0.448 e. The lowest BCUT2D eigenvalue weighted by Gasteiger charge is -2.31. The van der Waals surface area contributed by atoms with Gasteiger partial charge in [-0.1, -0.05) is 0 Å². The molecule has 0 heterocycles. The molecule has 0 amide bonds. The topological polar surface area (TPSA) is 9.23 Å². The smallest absolute Gasteiger partial charge is 0.270 e. The van der Waals surface area contributed by atoms with Crippen molar-refractivity contribution in [1.82, 2.24) is 0 Å². The first kappa shape index (κ1) is 15.3. The summed E-state index contributed by atoms with van der Waals surface area (Å²) in [4.78, 5) is 0. The van der Waals surface area contributed by atoms with E-state index >= 15 is 0 Å². The average Bonchev–Trinajstić information content (AvgIpc) is 1.99. The van der Waals surface area contributed by atoms with Gasteiger partial charge in [0.2, 0.25) is 0 Å². The molecule has 98 valence electrons. The fourth-order valence-electron chi connectivity index (χ4n) is 0.451. The van der Waals surface area contributed by atoms with Crippen molar-refractivity contribution in [1.29, 1.82) is 0 Å². The maximum Gasteiger partial charge on any atom is 0.448 e. The SMILES string of the molecule is CC(F)(OC(F)(F)C(F)(F)CF)C(F)(F)F. The molecule has 0 radical (unpaired) electrons. The highest BCUT2D eigenvalue weighted by atomic mass is 19.4. The van der Waals surface area contributed by atoms with Crippen LogP contribution in [0.25, 0.3) is 0 Å². The van der Waals surface area contributed by atoms with Gasteiger partial charge in [-0.3, -0.25) is 4.74 Å². The molecule has 0 spiro atoms. The Kier molecular flexibility index (Phi) is 3.80. The molecule has 16 heavy (non-hydrogen) atoms. The first-order chi connectivity index (χ1) is 6.77. The Bertz CT molecular complexity index is 243. The van der Waals surface area contributed by atoms with Crippen LogP contribution in [0.2, 0.25) is 0 Å². The summed E-state index contributed by atoms with van der Waals surface area (Å²) < 4.78 is 110. The van der Waals surface area contributed by atoms with Crippen LogP contribution in [0, 0.1) is 0 Å². The van der Waals surface area contributed by atoms with E-state index in [1.807, 2.05) is 0 Å². The number of rotatable bonds is 4. The van der Waals surface area contributed by atoms with E-state index in [0.29, 0.717) is 0 Å². The van der Waals surface area contributed by atoms with Crippen LogP contribution in [0.5, 0.6) is 0 Å². The molecule has 10 heteroatoms. The normalized spacial score (nSPS) is 18.4. The summed E-state index contributed by atoms with van der Waals surface area (Å²) in [6.07, 6.45) is -11.9. The number of hydrogen-bond donors (Lipinski definition) is 0. The van der Waals surface area contributed by atoms with Crippen LogP contribution in [-0.2, 0) is 4.74 Å². The first-order valence-corrected chi connectivity index (χ1v) is 3.54. The van der Waals surface area contributed by atoms with Crippen LogP contribution < -0.4 is 0 Å². The highest BCUT2D eigenvalue weighted by Gasteiger charge is 2.66. The van der Waals surface area contributed by atoms with Gasteiger partial charge in [0.15, 0.2) is 6.67 Å². The third-order valence-electron chi connectivity index (χ3n) is 1.42. The molecule has 0 N–H and O–H groups in total. The minimum atomic E-state index is -5.96. The molecule has 0 saturated carbocycles. The second-order valence-corrected chi connectivity index (χ2v) is 2.87. The number of alkyl halides is 9. The minimum absolute atomic E-state index is 0.533. The van der Waals surface area contributed by atoms with Crippen LogP contribution in [0.1, 0.15) is 6.92 Å². The van der Waals surface area contributed by atoms with Crippen molar-refractivity contribution in [3.63, 3.8) is 0 Å². The van der Waals surface area contributed by atoms with Crippen LogP contribution in [0.4, 0.5) is 39.5 Å². The summed E-state index contributed by atoms with van der Waals surface area (Å²) in [7, 11) is 0. The molecular weight excluding hydrogens is 259 g/mol. The van der Waals surface area contributed by atoms with E-state index < -0.39 is 37.7 Å². The van der Waals surface area contributed by atoms with Crippen molar-refractivity contribution in [2.75, 3.05) is 6.67 Å². The Balaban J connectivity index is 4.99. The lowest BCUT2D eigenvalue weighted by Crippen LogP contribution is -2.53. The van der Waals surface area contributed by atoms with E-state index in [0.717, 1.165) is 0 Å². The summed E-state index contributed by atoms with van der Waals surface area (Å²) in [6.45, 7) is -3.52. The van der Waals surface area contributed by atoms with Gasteiger partial charge >= 0.3 is 24.1 Å². The van der Waals surface area contributed by atoms with Gasteiger partial charge in [-0.05, 0) is 0 Å². The molecule has 0 aromatic carbocycles. The molecule has 0 aliphatic rings. The Morgan fingerprint density at radius 2 is 1.25 bits per heavy atom. The number of halogens is 9. The van der Waals surface area contributed by atoms with E-state index in [4.69, 9.17) is 0 Å². The van der Waals surface area contributed by atoms with E-state index in [-0.39, 0.29) is 0 Å². The lowest BCUT2D eigenvalue weighted by atomic mass is 10.3. The summed E-state index contributed by atoms with van der Waals surface area (Å²) >= 11 is 0.